The highest BCUT2D eigenvalue weighted by atomic mass is 32.2. The zero-order valence-corrected chi connectivity index (χ0v) is 14.3. The van der Waals surface area contributed by atoms with Gasteiger partial charge >= 0.3 is 6.03 Å². The van der Waals surface area contributed by atoms with Crippen LogP contribution in [0.25, 0.3) is 0 Å². The van der Waals surface area contributed by atoms with Crippen LogP contribution in [0, 0.1) is 5.92 Å². The molecule has 0 saturated carbocycles. The Balaban J connectivity index is 1.93. The number of carbonyl (C=O) groups excluding carboxylic acids is 3. The summed E-state index contributed by atoms with van der Waals surface area (Å²) < 4.78 is 22.3. The summed E-state index contributed by atoms with van der Waals surface area (Å²) in [5.74, 6) is -0.547. The van der Waals surface area contributed by atoms with Crippen LogP contribution >= 0.6 is 0 Å². The SMILES string of the molecule is C[C@H]1CCCN(C(=O)CN2C(=O)N[C@@H](CCS(C)(=O)=O)C2=O)C1. The van der Waals surface area contributed by atoms with Crippen LogP contribution in [0.4, 0.5) is 4.79 Å². The lowest BCUT2D eigenvalue weighted by Gasteiger charge is -2.31. The molecule has 130 valence electrons. The summed E-state index contributed by atoms with van der Waals surface area (Å²) in [6, 6.07) is -1.50. The van der Waals surface area contributed by atoms with E-state index in [1.165, 1.54) is 0 Å². The lowest BCUT2D eigenvalue weighted by Crippen LogP contribution is -2.46. The topological polar surface area (TPSA) is 104 Å². The molecule has 0 aromatic carbocycles. The minimum absolute atomic E-state index is 0.0227. The maximum absolute atomic E-state index is 12.3. The minimum Gasteiger partial charge on any atom is -0.341 e. The van der Waals surface area contributed by atoms with Gasteiger partial charge in [0.15, 0.2) is 0 Å². The van der Waals surface area contributed by atoms with Gasteiger partial charge in [0.05, 0.1) is 5.75 Å². The molecule has 2 saturated heterocycles. The average molecular weight is 345 g/mol. The second kappa shape index (κ2) is 6.86. The molecule has 2 heterocycles. The monoisotopic (exact) mass is 345 g/mol. The van der Waals surface area contributed by atoms with Crippen LogP contribution in [0.2, 0.25) is 0 Å². The fourth-order valence-electron chi connectivity index (χ4n) is 2.91. The lowest BCUT2D eigenvalue weighted by atomic mass is 10.0. The first kappa shape index (κ1) is 17.7. The van der Waals surface area contributed by atoms with Crippen molar-refractivity contribution >= 4 is 27.7 Å². The maximum Gasteiger partial charge on any atom is 0.325 e. The fourth-order valence-corrected chi connectivity index (χ4v) is 3.57. The highest BCUT2D eigenvalue weighted by Gasteiger charge is 2.39. The number of imide groups is 1. The maximum atomic E-state index is 12.3. The third kappa shape index (κ3) is 4.66. The van der Waals surface area contributed by atoms with Gasteiger partial charge in [-0.1, -0.05) is 6.92 Å². The second-order valence-corrected chi connectivity index (χ2v) is 8.69. The van der Waals surface area contributed by atoms with Crippen LogP contribution in [-0.4, -0.2) is 73.7 Å². The van der Waals surface area contributed by atoms with Crippen molar-refractivity contribution in [3.63, 3.8) is 0 Å². The molecule has 0 unspecified atom stereocenters. The molecule has 2 fully saturated rings. The quantitative estimate of drug-likeness (QED) is 0.683. The molecule has 2 atom stereocenters. The molecule has 0 aromatic rings. The molecular weight excluding hydrogens is 322 g/mol. The van der Waals surface area contributed by atoms with E-state index in [0.29, 0.717) is 19.0 Å². The molecule has 2 aliphatic rings. The summed E-state index contributed by atoms with van der Waals surface area (Å²) in [5.41, 5.74) is 0. The van der Waals surface area contributed by atoms with E-state index in [1.54, 1.807) is 4.90 Å². The van der Waals surface area contributed by atoms with Crippen molar-refractivity contribution < 1.29 is 22.8 Å². The first-order valence-corrected chi connectivity index (χ1v) is 9.81. The number of piperidine rings is 1. The number of urea groups is 1. The number of hydrogen-bond acceptors (Lipinski definition) is 5. The summed E-state index contributed by atoms with van der Waals surface area (Å²) in [6.45, 7) is 3.06. The van der Waals surface area contributed by atoms with Gasteiger partial charge in [0.1, 0.15) is 22.4 Å². The molecular formula is C14H23N3O5S. The van der Waals surface area contributed by atoms with Gasteiger partial charge in [-0.15, -0.1) is 0 Å². The van der Waals surface area contributed by atoms with Gasteiger partial charge in [-0.2, -0.15) is 0 Å². The zero-order valence-electron chi connectivity index (χ0n) is 13.4. The third-order valence-electron chi connectivity index (χ3n) is 4.19. The molecule has 9 heteroatoms. The van der Waals surface area contributed by atoms with E-state index in [1.807, 2.05) is 0 Å². The van der Waals surface area contributed by atoms with Gasteiger partial charge in [-0.3, -0.25) is 14.5 Å². The van der Waals surface area contributed by atoms with Gasteiger partial charge in [-0.05, 0) is 25.2 Å². The Morgan fingerprint density at radius 3 is 2.65 bits per heavy atom. The Labute approximate surface area is 136 Å². The normalized spacial score (nSPS) is 25.7. The molecule has 4 amide bonds. The molecule has 0 bridgehead atoms. The van der Waals surface area contributed by atoms with Crippen LogP contribution in [-0.2, 0) is 19.4 Å². The predicted octanol–water partition coefficient (Wildman–Crippen LogP) is -0.400. The van der Waals surface area contributed by atoms with Crippen molar-refractivity contribution in [3.05, 3.63) is 0 Å². The molecule has 2 aliphatic heterocycles. The van der Waals surface area contributed by atoms with Crippen LogP contribution < -0.4 is 5.32 Å². The van der Waals surface area contributed by atoms with Crippen molar-refractivity contribution in [2.45, 2.75) is 32.2 Å². The Morgan fingerprint density at radius 2 is 2.04 bits per heavy atom. The van der Waals surface area contributed by atoms with E-state index in [9.17, 15) is 22.8 Å². The standard InChI is InChI=1S/C14H23N3O5S/c1-10-4-3-6-16(8-10)12(18)9-17-13(19)11(15-14(17)20)5-7-23(2,21)22/h10-11H,3-9H2,1-2H3,(H,15,20)/t10-,11-/m0/s1. The number of hydrogen-bond donors (Lipinski definition) is 1. The highest BCUT2D eigenvalue weighted by Crippen LogP contribution is 2.17. The largest absolute Gasteiger partial charge is 0.341 e. The molecule has 0 spiro atoms. The van der Waals surface area contributed by atoms with Crippen LogP contribution in [0.15, 0.2) is 0 Å². The summed E-state index contributed by atoms with van der Waals surface area (Å²) in [5, 5.41) is 2.45. The molecule has 0 aliphatic carbocycles. The van der Waals surface area contributed by atoms with E-state index in [2.05, 4.69) is 12.2 Å². The summed E-state index contributed by atoms with van der Waals surface area (Å²) >= 11 is 0. The van der Waals surface area contributed by atoms with E-state index >= 15 is 0 Å². The molecule has 23 heavy (non-hydrogen) atoms. The van der Waals surface area contributed by atoms with E-state index in [4.69, 9.17) is 0 Å². The second-order valence-electron chi connectivity index (χ2n) is 6.43. The van der Waals surface area contributed by atoms with Gasteiger partial charge in [0.2, 0.25) is 5.91 Å². The number of nitrogens with one attached hydrogen (secondary N) is 1. The fraction of sp³-hybridized carbons (Fsp3) is 0.786. The van der Waals surface area contributed by atoms with Crippen LogP contribution in [0.1, 0.15) is 26.2 Å². The van der Waals surface area contributed by atoms with Crippen molar-refractivity contribution in [1.82, 2.24) is 15.1 Å². The zero-order chi connectivity index (χ0) is 17.2. The van der Waals surface area contributed by atoms with Crippen molar-refractivity contribution in [3.8, 4) is 0 Å². The van der Waals surface area contributed by atoms with Crippen LogP contribution in [0.3, 0.4) is 0 Å². The van der Waals surface area contributed by atoms with E-state index in [0.717, 1.165) is 24.0 Å². The number of amides is 4. The molecule has 2 rings (SSSR count). The Hall–Kier alpha value is -1.64. The summed E-state index contributed by atoms with van der Waals surface area (Å²) in [7, 11) is -3.21. The van der Waals surface area contributed by atoms with E-state index in [-0.39, 0.29) is 24.6 Å². The van der Waals surface area contributed by atoms with Crippen LogP contribution in [0.5, 0.6) is 0 Å². The smallest absolute Gasteiger partial charge is 0.325 e. The average Bonchev–Trinajstić information content (AvgIpc) is 2.72. The number of sulfone groups is 1. The van der Waals surface area contributed by atoms with Crippen molar-refractivity contribution in [1.29, 1.82) is 0 Å². The molecule has 8 nitrogen and oxygen atoms in total. The summed E-state index contributed by atoms with van der Waals surface area (Å²) in [6.07, 6.45) is 3.09. The Bertz CT molecular complexity index is 604. The number of nitrogens with zero attached hydrogens (tertiary/aromatic N) is 2. The summed E-state index contributed by atoms with van der Waals surface area (Å²) in [4.78, 5) is 38.9. The lowest BCUT2D eigenvalue weighted by molar-refractivity contribution is -0.138. The highest BCUT2D eigenvalue weighted by molar-refractivity contribution is 7.90. The first-order chi connectivity index (χ1) is 10.7. The third-order valence-corrected chi connectivity index (χ3v) is 5.16. The Kier molecular flexibility index (Phi) is 5.28. The molecule has 1 N–H and O–H groups in total. The molecule has 0 aromatic heterocycles. The predicted molar refractivity (Wildman–Crippen MR) is 83.3 cm³/mol. The molecule has 0 radical (unpaired) electrons. The van der Waals surface area contributed by atoms with Gasteiger partial charge in [0, 0.05) is 19.3 Å². The van der Waals surface area contributed by atoms with Crippen molar-refractivity contribution in [2.75, 3.05) is 31.6 Å². The first-order valence-electron chi connectivity index (χ1n) is 7.75. The van der Waals surface area contributed by atoms with Gasteiger partial charge < -0.3 is 10.2 Å². The number of carbonyl (C=O) groups is 3. The van der Waals surface area contributed by atoms with Crippen molar-refractivity contribution in [2.24, 2.45) is 5.92 Å². The minimum atomic E-state index is -3.21. The van der Waals surface area contributed by atoms with E-state index < -0.39 is 27.8 Å². The Morgan fingerprint density at radius 1 is 1.35 bits per heavy atom. The number of likely N-dealkylation sites (tertiary alicyclic amines) is 1. The van der Waals surface area contributed by atoms with Gasteiger partial charge in [-0.25, -0.2) is 13.2 Å². The number of rotatable bonds is 5. The van der Waals surface area contributed by atoms with Gasteiger partial charge in [0.25, 0.3) is 5.91 Å².